The second-order valence-corrected chi connectivity index (χ2v) is 5.03. The van der Waals surface area contributed by atoms with Crippen molar-refractivity contribution >= 4 is 16.8 Å². The van der Waals surface area contributed by atoms with Gasteiger partial charge in [0.15, 0.2) is 0 Å². The summed E-state index contributed by atoms with van der Waals surface area (Å²) in [5.41, 5.74) is 0. The number of hydrogen-bond acceptors (Lipinski definition) is 3. The normalized spacial score (nSPS) is 17.5. The Morgan fingerprint density at radius 1 is 1.46 bits per heavy atom. The number of rotatable bonds is 5. The van der Waals surface area contributed by atoms with Crippen LogP contribution in [-0.4, -0.2) is 28.3 Å². The van der Waals surface area contributed by atoms with E-state index < -0.39 is 16.0 Å². The predicted molar refractivity (Wildman–Crippen MR) is 53.9 cm³/mol. The molecule has 0 aromatic heterocycles. The Hall–Kier alpha value is -0.380. The van der Waals surface area contributed by atoms with E-state index in [9.17, 15) is 9.00 Å². The molecule has 0 amide bonds. The van der Waals surface area contributed by atoms with Gasteiger partial charge in [-0.2, -0.15) is 0 Å². The van der Waals surface area contributed by atoms with Crippen LogP contribution in [0.4, 0.5) is 0 Å². The molecule has 13 heavy (non-hydrogen) atoms. The number of esters is 1. The van der Waals surface area contributed by atoms with Crippen LogP contribution in [0, 0.1) is 5.92 Å². The van der Waals surface area contributed by atoms with Gasteiger partial charge in [-0.1, -0.05) is 20.3 Å². The average molecular weight is 206 g/mol. The molecule has 0 bridgehead atoms. The zero-order valence-corrected chi connectivity index (χ0v) is 9.52. The third-order valence-corrected chi connectivity index (χ3v) is 3.95. The van der Waals surface area contributed by atoms with Crippen molar-refractivity contribution in [2.24, 2.45) is 5.92 Å². The molecule has 0 heterocycles. The zero-order valence-electron chi connectivity index (χ0n) is 8.70. The van der Waals surface area contributed by atoms with Gasteiger partial charge in [-0.25, -0.2) is 0 Å². The predicted octanol–water partition coefficient (Wildman–Crippen LogP) is 1.34. The number of carbonyl (C=O) groups excluding carboxylic acids is 1. The Bertz CT molecular complexity index is 191. The van der Waals surface area contributed by atoms with E-state index in [1.807, 2.05) is 13.8 Å². The van der Waals surface area contributed by atoms with E-state index >= 15 is 0 Å². The highest BCUT2D eigenvalue weighted by Crippen LogP contribution is 2.07. The fourth-order valence-corrected chi connectivity index (χ4v) is 2.21. The summed E-state index contributed by atoms with van der Waals surface area (Å²) < 4.78 is 16.0. The smallest absolute Gasteiger partial charge is 0.321 e. The molecule has 0 aliphatic carbocycles. The molecule has 0 fully saturated rings. The lowest BCUT2D eigenvalue weighted by molar-refractivity contribution is -0.139. The lowest BCUT2D eigenvalue weighted by atomic mass is 10.2. The molecule has 3 unspecified atom stereocenters. The Labute approximate surface area is 82.3 Å². The molecule has 0 N–H and O–H groups in total. The van der Waals surface area contributed by atoms with Gasteiger partial charge >= 0.3 is 5.97 Å². The van der Waals surface area contributed by atoms with Gasteiger partial charge in [-0.05, 0) is 12.8 Å². The highest BCUT2D eigenvalue weighted by Gasteiger charge is 2.21. The standard InChI is InChI=1S/C9H18O3S/c1-5-7(2)6-13(11)8(3)9(10)12-4/h7-8H,5-6H2,1-4H3. The molecule has 0 aromatic carbocycles. The molecule has 4 heteroatoms. The van der Waals surface area contributed by atoms with Crippen LogP contribution in [0.3, 0.4) is 0 Å². The van der Waals surface area contributed by atoms with Crippen LogP contribution in [0.1, 0.15) is 27.2 Å². The highest BCUT2D eigenvalue weighted by molar-refractivity contribution is 7.86. The fraction of sp³-hybridized carbons (Fsp3) is 0.889. The van der Waals surface area contributed by atoms with Gasteiger partial charge in [-0.15, -0.1) is 0 Å². The van der Waals surface area contributed by atoms with Crippen molar-refractivity contribution in [2.45, 2.75) is 32.4 Å². The van der Waals surface area contributed by atoms with Gasteiger partial charge in [0.1, 0.15) is 5.25 Å². The molecule has 0 spiro atoms. The molecule has 0 rings (SSSR count). The van der Waals surface area contributed by atoms with Crippen molar-refractivity contribution in [1.29, 1.82) is 0 Å². The summed E-state index contributed by atoms with van der Waals surface area (Å²) in [7, 11) is 0.219. The van der Waals surface area contributed by atoms with Crippen LogP contribution in [0.2, 0.25) is 0 Å². The summed E-state index contributed by atoms with van der Waals surface area (Å²) >= 11 is 0. The van der Waals surface area contributed by atoms with Gasteiger partial charge in [0.2, 0.25) is 0 Å². The maximum absolute atomic E-state index is 11.5. The van der Waals surface area contributed by atoms with Gasteiger partial charge in [0.05, 0.1) is 7.11 Å². The summed E-state index contributed by atoms with van der Waals surface area (Å²) in [6.45, 7) is 5.72. The van der Waals surface area contributed by atoms with E-state index in [4.69, 9.17) is 0 Å². The minimum absolute atomic E-state index is 0.387. The lowest BCUT2D eigenvalue weighted by Gasteiger charge is -2.12. The molecule has 0 saturated carbocycles. The first-order valence-electron chi connectivity index (χ1n) is 4.47. The van der Waals surface area contributed by atoms with Crippen molar-refractivity contribution < 1.29 is 13.7 Å². The number of methoxy groups -OCH3 is 1. The topological polar surface area (TPSA) is 43.4 Å². The maximum atomic E-state index is 11.5. The number of carbonyl (C=O) groups is 1. The van der Waals surface area contributed by atoms with Crippen molar-refractivity contribution in [1.82, 2.24) is 0 Å². The molecule has 3 nitrogen and oxygen atoms in total. The summed E-state index contributed by atoms with van der Waals surface area (Å²) in [6, 6.07) is 0. The zero-order chi connectivity index (χ0) is 10.4. The molecule has 0 radical (unpaired) electrons. The van der Waals surface area contributed by atoms with E-state index in [-0.39, 0.29) is 5.97 Å². The Morgan fingerprint density at radius 2 is 2.00 bits per heavy atom. The monoisotopic (exact) mass is 206 g/mol. The molecule has 0 aliphatic rings. The van der Waals surface area contributed by atoms with E-state index in [1.54, 1.807) is 6.92 Å². The lowest BCUT2D eigenvalue weighted by Crippen LogP contribution is -2.27. The van der Waals surface area contributed by atoms with Gasteiger partial charge in [-0.3, -0.25) is 9.00 Å². The van der Waals surface area contributed by atoms with E-state index in [0.717, 1.165) is 6.42 Å². The first-order chi connectivity index (χ1) is 6.02. The van der Waals surface area contributed by atoms with Gasteiger partial charge < -0.3 is 4.74 Å². The van der Waals surface area contributed by atoms with Crippen LogP contribution in [0.5, 0.6) is 0 Å². The molecule has 0 saturated heterocycles. The molecule has 0 aromatic rings. The number of ether oxygens (including phenoxy) is 1. The molecule has 3 atom stereocenters. The van der Waals surface area contributed by atoms with Crippen LogP contribution >= 0.6 is 0 Å². The first-order valence-corrected chi connectivity index (χ1v) is 5.86. The average Bonchev–Trinajstić information content (AvgIpc) is 2.14. The second-order valence-electron chi connectivity index (χ2n) is 3.23. The van der Waals surface area contributed by atoms with Crippen molar-refractivity contribution in [2.75, 3.05) is 12.9 Å². The van der Waals surface area contributed by atoms with Crippen LogP contribution in [0.15, 0.2) is 0 Å². The summed E-state index contributed by atoms with van der Waals surface area (Å²) in [5.74, 6) is 0.585. The van der Waals surface area contributed by atoms with Crippen LogP contribution in [0.25, 0.3) is 0 Å². The third-order valence-electron chi connectivity index (χ3n) is 2.07. The van der Waals surface area contributed by atoms with Gasteiger partial charge in [0, 0.05) is 16.6 Å². The minimum Gasteiger partial charge on any atom is -0.468 e. The van der Waals surface area contributed by atoms with Gasteiger partial charge in [0.25, 0.3) is 0 Å². The second kappa shape index (κ2) is 6.13. The fourth-order valence-electron chi connectivity index (χ4n) is 0.816. The van der Waals surface area contributed by atoms with Crippen molar-refractivity contribution in [3.63, 3.8) is 0 Å². The Kier molecular flexibility index (Phi) is 5.95. The minimum atomic E-state index is -1.10. The molecule has 0 aliphatic heterocycles. The third kappa shape index (κ3) is 4.41. The molecular weight excluding hydrogens is 188 g/mol. The van der Waals surface area contributed by atoms with Crippen LogP contribution < -0.4 is 0 Å². The van der Waals surface area contributed by atoms with Crippen molar-refractivity contribution in [3.05, 3.63) is 0 Å². The Morgan fingerprint density at radius 3 is 2.38 bits per heavy atom. The Balaban J connectivity index is 4.03. The van der Waals surface area contributed by atoms with E-state index in [2.05, 4.69) is 4.74 Å². The van der Waals surface area contributed by atoms with E-state index in [1.165, 1.54) is 7.11 Å². The largest absolute Gasteiger partial charge is 0.468 e. The molecule has 78 valence electrons. The SMILES string of the molecule is CCC(C)CS(=O)C(C)C(=O)OC. The van der Waals surface area contributed by atoms with Crippen molar-refractivity contribution in [3.8, 4) is 0 Å². The van der Waals surface area contributed by atoms with Crippen LogP contribution in [-0.2, 0) is 20.3 Å². The molecular formula is C9H18O3S. The highest BCUT2D eigenvalue weighted by atomic mass is 32.2. The first kappa shape index (κ1) is 12.6. The summed E-state index contributed by atoms with van der Waals surface area (Å²) in [4.78, 5) is 11.0. The quantitative estimate of drug-likeness (QED) is 0.638. The number of hydrogen-bond donors (Lipinski definition) is 0. The summed E-state index contributed by atoms with van der Waals surface area (Å²) in [5, 5.41) is -0.501. The summed E-state index contributed by atoms with van der Waals surface area (Å²) in [6.07, 6.45) is 0.986. The maximum Gasteiger partial charge on any atom is 0.321 e. The van der Waals surface area contributed by atoms with E-state index in [0.29, 0.717) is 11.7 Å².